The molecule has 132 valence electrons. The molecule has 2 aliphatic rings. The molecule has 0 radical (unpaired) electrons. The molecule has 0 spiro atoms. The SMILES string of the molecule is COCc1nc(C(=O)NC2[C@H]3CN(Cc4ccccc4)C[C@@H]23)n(C)n1. The van der Waals surface area contributed by atoms with Gasteiger partial charge in [-0.3, -0.25) is 9.69 Å². The minimum absolute atomic E-state index is 0.147. The highest BCUT2D eigenvalue weighted by Gasteiger charge is 2.56. The summed E-state index contributed by atoms with van der Waals surface area (Å²) in [5.41, 5.74) is 1.34. The number of hydrogen-bond acceptors (Lipinski definition) is 5. The number of carbonyl (C=O) groups is 1. The zero-order valence-corrected chi connectivity index (χ0v) is 14.6. The van der Waals surface area contributed by atoms with E-state index in [0.29, 0.717) is 30.1 Å². The molecule has 2 aromatic rings. The summed E-state index contributed by atoms with van der Waals surface area (Å²) in [5.74, 6) is 1.84. The second-order valence-electron chi connectivity index (χ2n) is 6.91. The molecule has 3 atom stereocenters. The molecule has 2 fully saturated rings. The minimum Gasteiger partial charge on any atom is -0.377 e. The molecule has 1 saturated heterocycles. The van der Waals surface area contributed by atoms with E-state index in [1.54, 1.807) is 14.2 Å². The number of nitrogens with one attached hydrogen (secondary N) is 1. The van der Waals surface area contributed by atoms with Gasteiger partial charge in [0.05, 0.1) is 0 Å². The van der Waals surface area contributed by atoms with Gasteiger partial charge in [0.25, 0.3) is 5.91 Å². The van der Waals surface area contributed by atoms with Gasteiger partial charge < -0.3 is 10.1 Å². The van der Waals surface area contributed by atoms with E-state index in [2.05, 4.69) is 44.6 Å². The van der Waals surface area contributed by atoms with Crippen LogP contribution in [0.3, 0.4) is 0 Å². The van der Waals surface area contributed by atoms with Gasteiger partial charge >= 0.3 is 0 Å². The van der Waals surface area contributed by atoms with Crippen LogP contribution in [0.2, 0.25) is 0 Å². The first-order valence-corrected chi connectivity index (χ1v) is 8.61. The van der Waals surface area contributed by atoms with Crippen LogP contribution in [0.4, 0.5) is 0 Å². The monoisotopic (exact) mass is 341 g/mol. The summed E-state index contributed by atoms with van der Waals surface area (Å²) in [6.07, 6.45) is 0. The van der Waals surface area contributed by atoms with Crippen LogP contribution in [0, 0.1) is 11.8 Å². The van der Waals surface area contributed by atoms with Crippen LogP contribution in [0.5, 0.6) is 0 Å². The van der Waals surface area contributed by atoms with Crippen molar-refractivity contribution in [2.45, 2.75) is 19.2 Å². The Morgan fingerprint density at radius 2 is 2.00 bits per heavy atom. The predicted octanol–water partition coefficient (Wildman–Crippen LogP) is 0.822. The molecule has 1 aliphatic heterocycles. The molecule has 7 heteroatoms. The number of fused-ring (bicyclic) bond motifs is 1. The van der Waals surface area contributed by atoms with Crippen molar-refractivity contribution in [3.8, 4) is 0 Å². The number of nitrogens with zero attached hydrogens (tertiary/aromatic N) is 4. The van der Waals surface area contributed by atoms with Crippen LogP contribution < -0.4 is 5.32 Å². The lowest BCUT2D eigenvalue weighted by Gasteiger charge is -2.19. The van der Waals surface area contributed by atoms with Crippen molar-refractivity contribution >= 4 is 5.91 Å². The molecule has 1 saturated carbocycles. The first-order chi connectivity index (χ1) is 12.2. The molecule has 2 heterocycles. The van der Waals surface area contributed by atoms with E-state index in [0.717, 1.165) is 19.6 Å². The number of aromatic nitrogens is 3. The summed E-state index contributed by atoms with van der Waals surface area (Å²) in [6, 6.07) is 10.8. The maximum absolute atomic E-state index is 12.4. The first kappa shape index (κ1) is 16.2. The largest absolute Gasteiger partial charge is 0.377 e. The third-order valence-electron chi connectivity index (χ3n) is 5.10. The Labute approximate surface area is 147 Å². The maximum atomic E-state index is 12.4. The lowest BCUT2D eigenvalue weighted by Crippen LogP contribution is -2.35. The van der Waals surface area contributed by atoms with Gasteiger partial charge in [0.15, 0.2) is 5.82 Å². The fraction of sp³-hybridized carbons (Fsp3) is 0.500. The highest BCUT2D eigenvalue weighted by Crippen LogP contribution is 2.45. The van der Waals surface area contributed by atoms with Crippen LogP contribution in [0.25, 0.3) is 0 Å². The number of piperidine rings is 1. The Hall–Kier alpha value is -2.25. The average molecular weight is 341 g/mol. The lowest BCUT2D eigenvalue weighted by atomic mass is 10.2. The molecule has 1 aromatic heterocycles. The van der Waals surface area contributed by atoms with Crippen molar-refractivity contribution in [3.05, 3.63) is 47.5 Å². The molecular formula is C18H23N5O2. The summed E-state index contributed by atoms with van der Waals surface area (Å²) in [7, 11) is 3.32. The summed E-state index contributed by atoms with van der Waals surface area (Å²) in [4.78, 5) is 19.2. The van der Waals surface area contributed by atoms with E-state index in [1.807, 2.05) is 6.07 Å². The second-order valence-corrected chi connectivity index (χ2v) is 6.91. The van der Waals surface area contributed by atoms with Crippen molar-refractivity contribution < 1.29 is 9.53 Å². The minimum atomic E-state index is -0.147. The predicted molar refractivity (Wildman–Crippen MR) is 91.7 cm³/mol. The molecule has 4 rings (SSSR count). The van der Waals surface area contributed by atoms with Gasteiger partial charge in [0.2, 0.25) is 5.82 Å². The van der Waals surface area contributed by atoms with Crippen molar-refractivity contribution in [1.82, 2.24) is 25.0 Å². The zero-order valence-electron chi connectivity index (χ0n) is 14.6. The molecule has 1 aromatic carbocycles. The number of likely N-dealkylation sites (tertiary alicyclic amines) is 1. The van der Waals surface area contributed by atoms with E-state index in [4.69, 9.17) is 4.74 Å². The maximum Gasteiger partial charge on any atom is 0.289 e. The molecule has 0 bridgehead atoms. The van der Waals surface area contributed by atoms with E-state index >= 15 is 0 Å². The zero-order chi connectivity index (χ0) is 17.4. The van der Waals surface area contributed by atoms with Crippen molar-refractivity contribution in [1.29, 1.82) is 0 Å². The average Bonchev–Trinajstić information content (AvgIpc) is 2.95. The summed E-state index contributed by atoms with van der Waals surface area (Å²) in [5, 5.41) is 7.31. The second kappa shape index (κ2) is 6.57. The Morgan fingerprint density at radius 1 is 1.28 bits per heavy atom. The topological polar surface area (TPSA) is 72.3 Å². The van der Waals surface area contributed by atoms with Gasteiger partial charge in [-0.05, 0) is 17.4 Å². The van der Waals surface area contributed by atoms with Crippen molar-refractivity contribution in [2.75, 3.05) is 20.2 Å². The van der Waals surface area contributed by atoms with Gasteiger partial charge in [-0.1, -0.05) is 30.3 Å². The van der Waals surface area contributed by atoms with Crippen LogP contribution in [-0.2, 0) is 24.9 Å². The number of hydrogen-bond donors (Lipinski definition) is 1. The van der Waals surface area contributed by atoms with Gasteiger partial charge in [0.1, 0.15) is 6.61 Å². The number of carbonyl (C=O) groups excluding carboxylic acids is 1. The fourth-order valence-corrected chi connectivity index (χ4v) is 3.84. The third-order valence-corrected chi connectivity index (χ3v) is 5.10. The van der Waals surface area contributed by atoms with Crippen LogP contribution in [-0.4, -0.2) is 51.8 Å². The highest BCUT2D eigenvalue weighted by molar-refractivity contribution is 5.91. The Balaban J connectivity index is 1.30. The Bertz CT molecular complexity index is 748. The van der Waals surface area contributed by atoms with Crippen molar-refractivity contribution in [2.24, 2.45) is 18.9 Å². The van der Waals surface area contributed by atoms with Crippen LogP contribution in [0.15, 0.2) is 30.3 Å². The number of rotatable bonds is 6. The van der Waals surface area contributed by atoms with Crippen LogP contribution >= 0.6 is 0 Å². The Morgan fingerprint density at radius 3 is 2.68 bits per heavy atom. The number of ether oxygens (including phenoxy) is 1. The number of amides is 1. The molecule has 1 unspecified atom stereocenters. The number of benzene rings is 1. The molecule has 25 heavy (non-hydrogen) atoms. The molecule has 1 N–H and O–H groups in total. The van der Waals surface area contributed by atoms with Gasteiger partial charge in [-0.25, -0.2) is 9.67 Å². The van der Waals surface area contributed by atoms with E-state index in [-0.39, 0.29) is 11.9 Å². The summed E-state index contributed by atoms with van der Waals surface area (Å²) >= 11 is 0. The van der Waals surface area contributed by atoms with Crippen LogP contribution in [0.1, 0.15) is 22.0 Å². The van der Waals surface area contributed by atoms with E-state index in [9.17, 15) is 4.79 Å². The number of methoxy groups -OCH3 is 1. The quantitative estimate of drug-likeness (QED) is 0.842. The highest BCUT2D eigenvalue weighted by atomic mass is 16.5. The summed E-state index contributed by atoms with van der Waals surface area (Å²) in [6.45, 7) is 3.37. The lowest BCUT2D eigenvalue weighted by molar-refractivity contribution is 0.0927. The fourth-order valence-electron chi connectivity index (χ4n) is 3.84. The Kier molecular flexibility index (Phi) is 4.27. The molecule has 1 amide bonds. The first-order valence-electron chi connectivity index (χ1n) is 8.61. The summed E-state index contributed by atoms with van der Waals surface area (Å²) < 4.78 is 6.53. The number of aryl methyl sites for hydroxylation is 1. The molecule has 1 aliphatic carbocycles. The van der Waals surface area contributed by atoms with E-state index < -0.39 is 0 Å². The van der Waals surface area contributed by atoms with Gasteiger partial charge in [-0.2, -0.15) is 5.10 Å². The normalized spacial score (nSPS) is 25.0. The van der Waals surface area contributed by atoms with Gasteiger partial charge in [0, 0.05) is 39.8 Å². The van der Waals surface area contributed by atoms with Gasteiger partial charge in [-0.15, -0.1) is 0 Å². The molecular weight excluding hydrogens is 318 g/mol. The van der Waals surface area contributed by atoms with Crippen molar-refractivity contribution in [3.63, 3.8) is 0 Å². The standard InChI is InChI=1S/C18H23N5O2/c1-22-17(19-15(21-22)11-25-2)18(24)20-16-13-9-23(10-14(13)16)8-12-6-4-3-5-7-12/h3-7,13-14,16H,8-11H2,1-2H3,(H,20,24)/t13-,14+,16?. The smallest absolute Gasteiger partial charge is 0.289 e. The third kappa shape index (κ3) is 3.29. The van der Waals surface area contributed by atoms with E-state index in [1.165, 1.54) is 10.2 Å². The molecule has 7 nitrogen and oxygen atoms in total.